The fourth-order valence-electron chi connectivity index (χ4n) is 4.53. The number of nitrogens with zero attached hydrogens (tertiary/aromatic N) is 4. The van der Waals surface area contributed by atoms with Crippen LogP contribution in [-0.2, 0) is 0 Å². The normalized spacial score (nSPS) is 15.1. The van der Waals surface area contributed by atoms with Gasteiger partial charge in [0.2, 0.25) is 0 Å². The first-order valence-corrected chi connectivity index (χ1v) is 10.9. The Morgan fingerprint density at radius 1 is 0.875 bits per heavy atom. The molecule has 1 aliphatic heterocycles. The summed E-state index contributed by atoms with van der Waals surface area (Å²) in [6, 6.07) is 20.6. The van der Waals surface area contributed by atoms with Gasteiger partial charge in [-0.05, 0) is 54.6 Å². The summed E-state index contributed by atoms with van der Waals surface area (Å²) in [4.78, 5) is 13.3. The maximum atomic E-state index is 5.96. The standard InChI is InChI=1S/C25H25N7/c1-31-10-12-32(13-11-31)22-7-3-6-20-24(22)28-25(27-20)23-19-9-8-17(15-21(19)29-30-23)16-4-2-5-18(26)14-16/h2-9,14-15H,10-13,26H2,1H3,(H,27,28)(H,29,30). The van der Waals surface area contributed by atoms with Crippen molar-refractivity contribution >= 4 is 33.3 Å². The van der Waals surface area contributed by atoms with Gasteiger partial charge in [0.05, 0.1) is 16.7 Å². The van der Waals surface area contributed by atoms with Crippen molar-refractivity contribution in [2.75, 3.05) is 43.9 Å². The summed E-state index contributed by atoms with van der Waals surface area (Å²) in [5.74, 6) is 0.782. The van der Waals surface area contributed by atoms with Gasteiger partial charge in [-0.15, -0.1) is 0 Å². The maximum Gasteiger partial charge on any atom is 0.159 e. The first-order valence-electron chi connectivity index (χ1n) is 10.9. The maximum absolute atomic E-state index is 5.96. The highest BCUT2D eigenvalue weighted by Gasteiger charge is 2.19. The largest absolute Gasteiger partial charge is 0.399 e. The average Bonchev–Trinajstić information content (AvgIpc) is 3.43. The molecule has 0 bridgehead atoms. The van der Waals surface area contributed by atoms with Crippen molar-refractivity contribution in [2.45, 2.75) is 0 Å². The van der Waals surface area contributed by atoms with Crippen LogP contribution in [0.25, 0.3) is 44.6 Å². The Morgan fingerprint density at radius 3 is 2.53 bits per heavy atom. The fourth-order valence-corrected chi connectivity index (χ4v) is 4.53. The van der Waals surface area contributed by atoms with Crippen LogP contribution in [0.4, 0.5) is 11.4 Å². The van der Waals surface area contributed by atoms with E-state index in [9.17, 15) is 0 Å². The first-order chi connectivity index (χ1) is 15.7. The molecule has 0 aliphatic carbocycles. The number of hydrogen-bond acceptors (Lipinski definition) is 5. The summed E-state index contributed by atoms with van der Waals surface area (Å²) < 4.78 is 0. The van der Waals surface area contributed by atoms with Gasteiger partial charge in [-0.3, -0.25) is 5.10 Å². The van der Waals surface area contributed by atoms with Gasteiger partial charge in [-0.2, -0.15) is 5.10 Å². The lowest BCUT2D eigenvalue weighted by atomic mass is 10.0. The number of aromatic nitrogens is 4. The molecule has 7 nitrogen and oxygen atoms in total. The van der Waals surface area contributed by atoms with Crippen LogP contribution in [0.2, 0.25) is 0 Å². The van der Waals surface area contributed by atoms with Crippen molar-refractivity contribution in [1.82, 2.24) is 25.1 Å². The number of anilines is 2. The van der Waals surface area contributed by atoms with Crippen LogP contribution in [0, 0.1) is 0 Å². The number of nitrogens with one attached hydrogen (secondary N) is 2. The monoisotopic (exact) mass is 423 g/mol. The van der Waals surface area contributed by atoms with E-state index in [0.29, 0.717) is 0 Å². The number of piperazine rings is 1. The molecule has 1 fully saturated rings. The fraction of sp³-hybridized carbons (Fsp3) is 0.200. The van der Waals surface area contributed by atoms with Crippen LogP contribution >= 0.6 is 0 Å². The molecule has 0 unspecified atom stereocenters. The summed E-state index contributed by atoms with van der Waals surface area (Å²) in [6.07, 6.45) is 0. The topological polar surface area (TPSA) is 89.9 Å². The van der Waals surface area contributed by atoms with Gasteiger partial charge in [0.15, 0.2) is 5.82 Å². The second-order valence-corrected chi connectivity index (χ2v) is 8.51. The number of fused-ring (bicyclic) bond motifs is 2. The van der Waals surface area contributed by atoms with E-state index >= 15 is 0 Å². The molecule has 0 spiro atoms. The van der Waals surface area contributed by atoms with Gasteiger partial charge in [-0.1, -0.05) is 24.3 Å². The van der Waals surface area contributed by atoms with E-state index in [4.69, 9.17) is 10.7 Å². The zero-order valence-corrected chi connectivity index (χ0v) is 18.0. The van der Waals surface area contributed by atoms with Crippen LogP contribution in [0.5, 0.6) is 0 Å². The molecule has 7 heteroatoms. The molecule has 5 aromatic rings. The lowest BCUT2D eigenvalue weighted by molar-refractivity contribution is 0.313. The third-order valence-electron chi connectivity index (χ3n) is 6.34. The molecule has 0 amide bonds. The number of nitrogen functional groups attached to an aromatic ring is 1. The van der Waals surface area contributed by atoms with Crippen LogP contribution in [-0.4, -0.2) is 58.3 Å². The van der Waals surface area contributed by atoms with Gasteiger partial charge in [0, 0.05) is 37.3 Å². The van der Waals surface area contributed by atoms with Gasteiger partial charge in [0.1, 0.15) is 11.2 Å². The SMILES string of the molecule is CN1CCN(c2cccc3[nH]c(-c4n[nH]c5cc(-c6cccc(N)c6)ccc45)nc23)CC1. The minimum Gasteiger partial charge on any atom is -0.399 e. The highest BCUT2D eigenvalue weighted by Crippen LogP contribution is 2.32. The minimum atomic E-state index is 0.756. The molecule has 3 aromatic carbocycles. The molecule has 1 saturated heterocycles. The van der Waals surface area contributed by atoms with Crippen molar-refractivity contribution in [2.24, 2.45) is 0 Å². The van der Waals surface area contributed by atoms with Crippen molar-refractivity contribution in [3.8, 4) is 22.6 Å². The Morgan fingerprint density at radius 2 is 1.69 bits per heavy atom. The van der Waals surface area contributed by atoms with Crippen molar-refractivity contribution < 1.29 is 0 Å². The van der Waals surface area contributed by atoms with E-state index < -0.39 is 0 Å². The molecule has 0 atom stereocenters. The Hall–Kier alpha value is -3.84. The number of rotatable bonds is 3. The molecule has 0 radical (unpaired) electrons. The average molecular weight is 424 g/mol. The van der Waals surface area contributed by atoms with Crippen LogP contribution in [0.1, 0.15) is 0 Å². The number of hydrogen-bond donors (Lipinski definition) is 3. The van der Waals surface area contributed by atoms with Crippen molar-refractivity contribution in [3.05, 3.63) is 60.7 Å². The van der Waals surface area contributed by atoms with Gasteiger partial charge >= 0.3 is 0 Å². The van der Waals surface area contributed by atoms with E-state index in [1.807, 2.05) is 18.2 Å². The van der Waals surface area contributed by atoms with E-state index in [-0.39, 0.29) is 0 Å². The Balaban J connectivity index is 1.39. The molecule has 6 rings (SSSR count). The van der Waals surface area contributed by atoms with Gasteiger partial charge in [0.25, 0.3) is 0 Å². The third-order valence-corrected chi connectivity index (χ3v) is 6.34. The second-order valence-electron chi connectivity index (χ2n) is 8.51. The number of imidazole rings is 1. The van der Waals surface area contributed by atoms with E-state index in [1.54, 1.807) is 0 Å². The number of likely N-dealkylation sites (N-methyl/N-ethyl adjacent to an activating group) is 1. The van der Waals surface area contributed by atoms with Crippen LogP contribution < -0.4 is 10.6 Å². The quantitative estimate of drug-likeness (QED) is 0.380. The lowest BCUT2D eigenvalue weighted by Crippen LogP contribution is -2.44. The number of aromatic amines is 2. The van der Waals surface area contributed by atoms with E-state index in [2.05, 4.69) is 74.5 Å². The molecule has 4 N–H and O–H groups in total. The number of benzene rings is 3. The third kappa shape index (κ3) is 3.18. The van der Waals surface area contributed by atoms with Gasteiger partial charge in [-0.25, -0.2) is 4.98 Å². The smallest absolute Gasteiger partial charge is 0.159 e. The Bertz CT molecular complexity index is 1420. The molecule has 32 heavy (non-hydrogen) atoms. The summed E-state index contributed by atoms with van der Waals surface area (Å²) in [7, 11) is 2.17. The van der Waals surface area contributed by atoms with Crippen molar-refractivity contribution in [3.63, 3.8) is 0 Å². The summed E-state index contributed by atoms with van der Waals surface area (Å²) >= 11 is 0. The van der Waals surface area contributed by atoms with Crippen LogP contribution in [0.3, 0.4) is 0 Å². The van der Waals surface area contributed by atoms with Gasteiger partial charge < -0.3 is 20.5 Å². The number of nitrogens with two attached hydrogens (primary N) is 1. The number of para-hydroxylation sites is 1. The van der Waals surface area contributed by atoms with E-state index in [0.717, 1.165) is 76.4 Å². The summed E-state index contributed by atoms with van der Waals surface area (Å²) in [5.41, 5.74) is 13.9. The van der Waals surface area contributed by atoms with Crippen molar-refractivity contribution in [1.29, 1.82) is 0 Å². The predicted octanol–water partition coefficient (Wildman–Crippen LogP) is 4.11. The summed E-state index contributed by atoms with van der Waals surface area (Å²) in [5, 5.41) is 8.82. The molecule has 0 saturated carbocycles. The highest BCUT2D eigenvalue weighted by atomic mass is 15.3. The van der Waals surface area contributed by atoms with E-state index in [1.165, 1.54) is 5.69 Å². The Kier molecular flexibility index (Phi) is 4.36. The zero-order valence-electron chi connectivity index (χ0n) is 18.0. The first kappa shape index (κ1) is 18.9. The minimum absolute atomic E-state index is 0.756. The summed E-state index contributed by atoms with van der Waals surface area (Å²) in [6.45, 7) is 4.14. The molecule has 3 heterocycles. The molecule has 160 valence electrons. The van der Waals surface area contributed by atoms with Crippen LogP contribution in [0.15, 0.2) is 60.7 Å². The lowest BCUT2D eigenvalue weighted by Gasteiger charge is -2.34. The highest BCUT2D eigenvalue weighted by molar-refractivity contribution is 5.97. The number of H-pyrrole nitrogens is 2. The molecule has 1 aliphatic rings. The predicted molar refractivity (Wildman–Crippen MR) is 131 cm³/mol. The zero-order chi connectivity index (χ0) is 21.7. The Labute approximate surface area is 185 Å². The molecular weight excluding hydrogens is 398 g/mol. The molecule has 2 aromatic heterocycles. The molecular formula is C25H25N7. The second kappa shape index (κ2) is 7.39.